The van der Waals surface area contributed by atoms with Crippen molar-refractivity contribution in [3.8, 4) is 11.1 Å². The van der Waals surface area contributed by atoms with E-state index >= 15 is 0 Å². The van der Waals surface area contributed by atoms with Crippen LogP contribution in [-0.2, 0) is 25.7 Å². The number of aryl methyl sites for hydroxylation is 4. The fourth-order valence-electron chi connectivity index (χ4n) is 3.36. The van der Waals surface area contributed by atoms with Gasteiger partial charge in [0.05, 0.1) is 0 Å². The summed E-state index contributed by atoms with van der Waals surface area (Å²) in [5.74, 6) is -1.46. The molecule has 0 aliphatic carbocycles. The molecular formula is C25H26F2. The minimum absolute atomic E-state index is 0.328. The van der Waals surface area contributed by atoms with Crippen LogP contribution in [-0.4, -0.2) is 0 Å². The lowest BCUT2D eigenvalue weighted by Gasteiger charge is -2.09. The highest BCUT2D eigenvalue weighted by Gasteiger charge is 2.14. The molecule has 0 fully saturated rings. The van der Waals surface area contributed by atoms with E-state index in [1.807, 2.05) is 31.2 Å². The smallest absolute Gasteiger partial charge is 0.166 e. The predicted molar refractivity (Wildman–Crippen MR) is 109 cm³/mol. The van der Waals surface area contributed by atoms with Gasteiger partial charge in [-0.15, -0.1) is 0 Å². The number of hydrogen-bond donors (Lipinski definition) is 0. The van der Waals surface area contributed by atoms with Gasteiger partial charge in [0.1, 0.15) is 0 Å². The van der Waals surface area contributed by atoms with Gasteiger partial charge in [0.2, 0.25) is 0 Å². The molecule has 0 unspecified atom stereocenters. The van der Waals surface area contributed by atoms with Crippen molar-refractivity contribution in [2.24, 2.45) is 0 Å². The van der Waals surface area contributed by atoms with E-state index in [0.717, 1.165) is 25.7 Å². The lowest BCUT2D eigenvalue weighted by Crippen LogP contribution is -1.97. The molecule has 0 radical (unpaired) electrons. The zero-order chi connectivity index (χ0) is 19.2. The molecule has 0 saturated carbocycles. The summed E-state index contributed by atoms with van der Waals surface area (Å²) in [4.78, 5) is 0. The van der Waals surface area contributed by atoms with Gasteiger partial charge in [0, 0.05) is 5.56 Å². The molecule has 0 atom stereocenters. The highest BCUT2D eigenvalue weighted by molar-refractivity contribution is 5.65. The minimum atomic E-state index is -0.746. The van der Waals surface area contributed by atoms with Crippen molar-refractivity contribution in [1.29, 1.82) is 0 Å². The van der Waals surface area contributed by atoms with Crippen molar-refractivity contribution >= 4 is 0 Å². The zero-order valence-electron chi connectivity index (χ0n) is 16.1. The monoisotopic (exact) mass is 364 g/mol. The van der Waals surface area contributed by atoms with Gasteiger partial charge in [-0.3, -0.25) is 0 Å². The van der Waals surface area contributed by atoms with Crippen LogP contribution in [0.5, 0.6) is 0 Å². The molecule has 0 N–H and O–H groups in total. The highest BCUT2D eigenvalue weighted by Crippen LogP contribution is 2.27. The molecule has 0 saturated heterocycles. The normalized spacial score (nSPS) is 11.0. The van der Waals surface area contributed by atoms with Gasteiger partial charge in [0.15, 0.2) is 11.6 Å². The largest absolute Gasteiger partial charge is 0.203 e. The van der Waals surface area contributed by atoms with Crippen molar-refractivity contribution in [1.82, 2.24) is 0 Å². The standard InChI is InChI=1S/C25H26F2/c1-3-5-22-16-17-23(25(27)24(22)26)21-14-12-20(13-15-21)11-10-19-8-6-18(4-2)7-9-19/h6-9,12-17H,3-5,10-11H2,1-2H3. The summed E-state index contributed by atoms with van der Waals surface area (Å²) in [6, 6.07) is 19.9. The summed E-state index contributed by atoms with van der Waals surface area (Å²) >= 11 is 0. The number of hydrogen-bond acceptors (Lipinski definition) is 0. The summed E-state index contributed by atoms with van der Waals surface area (Å²) < 4.78 is 28.6. The van der Waals surface area contributed by atoms with Crippen molar-refractivity contribution in [2.45, 2.75) is 46.0 Å². The second-order valence-corrected chi connectivity index (χ2v) is 7.02. The molecule has 3 rings (SSSR count). The molecule has 0 heterocycles. The van der Waals surface area contributed by atoms with Crippen molar-refractivity contribution in [2.75, 3.05) is 0 Å². The summed E-state index contributed by atoms with van der Waals surface area (Å²) in [6.07, 6.45) is 4.31. The summed E-state index contributed by atoms with van der Waals surface area (Å²) in [5, 5.41) is 0. The van der Waals surface area contributed by atoms with E-state index in [0.29, 0.717) is 23.1 Å². The predicted octanol–water partition coefficient (Wildman–Crippen LogP) is 6.93. The van der Waals surface area contributed by atoms with Gasteiger partial charge in [0.25, 0.3) is 0 Å². The second-order valence-electron chi connectivity index (χ2n) is 7.02. The van der Waals surface area contributed by atoms with E-state index < -0.39 is 11.6 Å². The average Bonchev–Trinajstić information content (AvgIpc) is 2.71. The molecule has 2 heteroatoms. The Morgan fingerprint density at radius 3 is 1.70 bits per heavy atom. The second kappa shape index (κ2) is 8.94. The molecule has 27 heavy (non-hydrogen) atoms. The Hall–Kier alpha value is -2.48. The summed E-state index contributed by atoms with van der Waals surface area (Å²) in [6.45, 7) is 4.12. The first-order valence-electron chi connectivity index (χ1n) is 9.76. The van der Waals surface area contributed by atoms with E-state index in [4.69, 9.17) is 0 Å². The van der Waals surface area contributed by atoms with E-state index in [-0.39, 0.29) is 0 Å². The fourth-order valence-corrected chi connectivity index (χ4v) is 3.36. The lowest BCUT2D eigenvalue weighted by molar-refractivity contribution is 0.500. The molecule has 0 nitrogen and oxygen atoms in total. The molecule has 0 aliphatic heterocycles. The highest BCUT2D eigenvalue weighted by atomic mass is 19.2. The topological polar surface area (TPSA) is 0 Å². The molecule has 3 aromatic rings. The Morgan fingerprint density at radius 1 is 0.593 bits per heavy atom. The molecule has 0 aliphatic rings. The molecule has 3 aromatic carbocycles. The third-order valence-corrected chi connectivity index (χ3v) is 5.08. The SMILES string of the molecule is CCCc1ccc(-c2ccc(CCc3ccc(CC)cc3)cc2)c(F)c1F. The van der Waals surface area contributed by atoms with Gasteiger partial charge >= 0.3 is 0 Å². The average molecular weight is 364 g/mol. The zero-order valence-corrected chi connectivity index (χ0v) is 16.1. The Kier molecular flexibility index (Phi) is 6.39. The van der Waals surface area contributed by atoms with Crippen LogP contribution in [0.3, 0.4) is 0 Å². The van der Waals surface area contributed by atoms with Gasteiger partial charge < -0.3 is 0 Å². The van der Waals surface area contributed by atoms with E-state index in [1.54, 1.807) is 12.1 Å². The van der Waals surface area contributed by atoms with Crippen LogP contribution >= 0.6 is 0 Å². The van der Waals surface area contributed by atoms with Crippen molar-refractivity contribution in [3.63, 3.8) is 0 Å². The lowest BCUT2D eigenvalue weighted by atomic mass is 9.98. The van der Waals surface area contributed by atoms with Crippen LogP contribution < -0.4 is 0 Å². The number of halogens is 2. The van der Waals surface area contributed by atoms with E-state index in [2.05, 4.69) is 31.2 Å². The molecule has 0 amide bonds. The van der Waals surface area contributed by atoms with Crippen molar-refractivity contribution in [3.05, 3.63) is 94.6 Å². The van der Waals surface area contributed by atoms with Gasteiger partial charge in [-0.2, -0.15) is 0 Å². The maximum Gasteiger partial charge on any atom is 0.166 e. The minimum Gasteiger partial charge on any atom is -0.203 e. The van der Waals surface area contributed by atoms with Crippen LogP contribution in [0.25, 0.3) is 11.1 Å². The first-order valence-corrected chi connectivity index (χ1v) is 9.76. The molecular weight excluding hydrogens is 338 g/mol. The van der Waals surface area contributed by atoms with Crippen LogP contribution in [0.15, 0.2) is 60.7 Å². The Labute approximate surface area is 160 Å². The number of benzene rings is 3. The third-order valence-electron chi connectivity index (χ3n) is 5.08. The van der Waals surface area contributed by atoms with E-state index in [1.165, 1.54) is 16.7 Å². The number of rotatable bonds is 7. The van der Waals surface area contributed by atoms with E-state index in [9.17, 15) is 8.78 Å². The van der Waals surface area contributed by atoms with Crippen LogP contribution in [0.2, 0.25) is 0 Å². The van der Waals surface area contributed by atoms with Crippen molar-refractivity contribution < 1.29 is 8.78 Å². The van der Waals surface area contributed by atoms with Crippen LogP contribution in [0.1, 0.15) is 42.5 Å². The Balaban J connectivity index is 1.70. The first-order chi connectivity index (χ1) is 13.1. The third kappa shape index (κ3) is 4.63. The molecule has 0 aromatic heterocycles. The van der Waals surface area contributed by atoms with Crippen LogP contribution in [0, 0.1) is 11.6 Å². The Bertz CT molecular complexity index is 877. The summed E-state index contributed by atoms with van der Waals surface area (Å²) in [5.41, 5.74) is 5.35. The van der Waals surface area contributed by atoms with Gasteiger partial charge in [-0.25, -0.2) is 8.78 Å². The maximum atomic E-state index is 14.4. The molecule has 0 bridgehead atoms. The van der Waals surface area contributed by atoms with Crippen LogP contribution in [0.4, 0.5) is 8.78 Å². The van der Waals surface area contributed by atoms with Gasteiger partial charge in [-0.05, 0) is 53.5 Å². The Morgan fingerprint density at radius 2 is 1.15 bits per heavy atom. The molecule has 140 valence electrons. The first kappa shape index (κ1) is 19.3. The molecule has 0 spiro atoms. The fraction of sp³-hybridized carbons (Fsp3) is 0.280. The van der Waals surface area contributed by atoms with Gasteiger partial charge in [-0.1, -0.05) is 80.9 Å². The quantitative estimate of drug-likeness (QED) is 0.426. The maximum absolute atomic E-state index is 14.4. The summed E-state index contributed by atoms with van der Waals surface area (Å²) in [7, 11) is 0.